The SMILES string of the molecule is CC1(C)CN(c2ncc(-c3ccc(-c4ccc(N(c5ccccc5)c5ccccc5)cc4)cc3)cn2)c2ccccc21. The highest BCUT2D eigenvalue weighted by Gasteiger charge is 2.36. The first-order valence-corrected chi connectivity index (χ1v) is 14.4. The van der Waals surface area contributed by atoms with Crippen LogP contribution in [0.15, 0.2) is 146 Å². The predicted molar refractivity (Wildman–Crippen MR) is 174 cm³/mol. The van der Waals surface area contributed by atoms with E-state index in [2.05, 4.69) is 145 Å². The lowest BCUT2D eigenvalue weighted by molar-refractivity contribution is 0.566. The number of hydrogen-bond acceptors (Lipinski definition) is 4. The van der Waals surface area contributed by atoms with Crippen molar-refractivity contribution in [3.63, 3.8) is 0 Å². The second kappa shape index (κ2) is 10.6. The summed E-state index contributed by atoms with van der Waals surface area (Å²) in [5.74, 6) is 0.744. The minimum absolute atomic E-state index is 0.0635. The van der Waals surface area contributed by atoms with Crippen LogP contribution in [0.1, 0.15) is 19.4 Å². The minimum atomic E-state index is 0.0635. The molecule has 0 atom stereocenters. The molecule has 6 aromatic rings. The summed E-state index contributed by atoms with van der Waals surface area (Å²) >= 11 is 0. The van der Waals surface area contributed by atoms with E-state index in [-0.39, 0.29) is 5.41 Å². The average molecular weight is 545 g/mol. The molecule has 1 aliphatic rings. The fourth-order valence-electron chi connectivity index (χ4n) is 5.89. The third kappa shape index (κ3) is 4.82. The van der Waals surface area contributed by atoms with Gasteiger partial charge in [0.25, 0.3) is 0 Å². The highest BCUT2D eigenvalue weighted by Crippen LogP contribution is 2.43. The molecule has 5 aromatic carbocycles. The number of nitrogens with zero attached hydrogens (tertiary/aromatic N) is 4. The van der Waals surface area contributed by atoms with Crippen LogP contribution >= 0.6 is 0 Å². The maximum absolute atomic E-state index is 4.77. The van der Waals surface area contributed by atoms with Crippen molar-refractivity contribution in [2.24, 2.45) is 0 Å². The van der Waals surface area contributed by atoms with Gasteiger partial charge in [-0.1, -0.05) is 105 Å². The summed E-state index contributed by atoms with van der Waals surface area (Å²) in [6, 6.07) is 46.9. The van der Waals surface area contributed by atoms with Crippen LogP contribution in [0.2, 0.25) is 0 Å². The summed E-state index contributed by atoms with van der Waals surface area (Å²) < 4.78 is 0. The van der Waals surface area contributed by atoms with Gasteiger partial charge in [-0.2, -0.15) is 0 Å². The van der Waals surface area contributed by atoms with Crippen LogP contribution in [0.4, 0.5) is 28.7 Å². The van der Waals surface area contributed by atoms with Gasteiger partial charge in [-0.25, -0.2) is 9.97 Å². The van der Waals surface area contributed by atoms with E-state index in [9.17, 15) is 0 Å². The second-order valence-corrected chi connectivity index (χ2v) is 11.4. The molecule has 0 bridgehead atoms. The van der Waals surface area contributed by atoms with Crippen LogP contribution in [0.25, 0.3) is 22.3 Å². The first-order chi connectivity index (χ1) is 20.6. The Kier molecular flexibility index (Phi) is 6.52. The first-order valence-electron chi connectivity index (χ1n) is 14.4. The first kappa shape index (κ1) is 25.7. The van der Waals surface area contributed by atoms with Gasteiger partial charge in [0.15, 0.2) is 0 Å². The van der Waals surface area contributed by atoms with Gasteiger partial charge in [-0.3, -0.25) is 0 Å². The largest absolute Gasteiger partial charge is 0.311 e. The van der Waals surface area contributed by atoms with Gasteiger partial charge in [0.2, 0.25) is 5.95 Å². The molecule has 4 nitrogen and oxygen atoms in total. The maximum Gasteiger partial charge on any atom is 0.229 e. The maximum atomic E-state index is 4.77. The third-order valence-electron chi connectivity index (χ3n) is 8.06. The van der Waals surface area contributed by atoms with Gasteiger partial charge in [0, 0.05) is 52.7 Å². The van der Waals surface area contributed by atoms with E-state index < -0.39 is 0 Å². The average Bonchev–Trinajstić information content (AvgIpc) is 3.33. The van der Waals surface area contributed by atoms with Crippen LogP contribution in [-0.2, 0) is 5.41 Å². The van der Waals surface area contributed by atoms with Gasteiger partial charge in [0.1, 0.15) is 0 Å². The van der Waals surface area contributed by atoms with Crippen LogP contribution in [-0.4, -0.2) is 16.5 Å². The molecule has 0 unspecified atom stereocenters. The molecule has 0 saturated carbocycles. The number of anilines is 5. The number of fused-ring (bicyclic) bond motifs is 1. The molecule has 0 fully saturated rings. The normalized spacial score (nSPS) is 13.5. The lowest BCUT2D eigenvalue weighted by Crippen LogP contribution is -2.26. The molecule has 4 heteroatoms. The van der Waals surface area contributed by atoms with Crippen molar-refractivity contribution < 1.29 is 0 Å². The molecule has 0 N–H and O–H groups in total. The molecule has 204 valence electrons. The van der Waals surface area contributed by atoms with E-state index in [1.165, 1.54) is 22.4 Å². The summed E-state index contributed by atoms with van der Waals surface area (Å²) in [6.45, 7) is 5.42. The summed E-state index contributed by atoms with van der Waals surface area (Å²) in [4.78, 5) is 14.0. The molecule has 0 aliphatic carbocycles. The van der Waals surface area contributed by atoms with Crippen LogP contribution in [0.5, 0.6) is 0 Å². The Morgan fingerprint density at radius 3 is 1.55 bits per heavy atom. The van der Waals surface area contributed by atoms with E-state index in [0.717, 1.165) is 40.7 Å². The Morgan fingerprint density at radius 2 is 0.976 bits per heavy atom. The topological polar surface area (TPSA) is 32.3 Å². The molecule has 0 radical (unpaired) electrons. The molecule has 2 heterocycles. The zero-order chi connectivity index (χ0) is 28.5. The van der Waals surface area contributed by atoms with Crippen LogP contribution in [0, 0.1) is 0 Å². The Labute approximate surface area is 247 Å². The third-order valence-corrected chi connectivity index (χ3v) is 8.06. The Balaban J connectivity index is 1.11. The molecule has 1 aliphatic heterocycles. The van der Waals surface area contributed by atoms with E-state index >= 15 is 0 Å². The zero-order valence-corrected chi connectivity index (χ0v) is 23.9. The molecule has 0 spiro atoms. The number of benzene rings is 5. The van der Waals surface area contributed by atoms with E-state index in [1.54, 1.807) is 0 Å². The second-order valence-electron chi connectivity index (χ2n) is 11.4. The van der Waals surface area contributed by atoms with Gasteiger partial charge in [0.05, 0.1) is 0 Å². The van der Waals surface area contributed by atoms with Gasteiger partial charge < -0.3 is 9.80 Å². The molecule has 1 aromatic heterocycles. The quantitative estimate of drug-likeness (QED) is 0.209. The monoisotopic (exact) mass is 544 g/mol. The number of aromatic nitrogens is 2. The lowest BCUT2D eigenvalue weighted by Gasteiger charge is -2.25. The van der Waals surface area contributed by atoms with Crippen molar-refractivity contribution >= 4 is 28.7 Å². The predicted octanol–water partition coefficient (Wildman–Crippen LogP) is 9.71. The van der Waals surface area contributed by atoms with Crippen molar-refractivity contribution in [1.82, 2.24) is 9.97 Å². The van der Waals surface area contributed by atoms with Gasteiger partial charge in [-0.15, -0.1) is 0 Å². The highest BCUT2D eigenvalue weighted by atomic mass is 15.3. The highest BCUT2D eigenvalue weighted by molar-refractivity contribution is 5.79. The summed E-state index contributed by atoms with van der Waals surface area (Å²) in [7, 11) is 0. The Morgan fingerprint density at radius 1 is 0.524 bits per heavy atom. The molecular weight excluding hydrogens is 512 g/mol. The summed E-state index contributed by atoms with van der Waals surface area (Å²) in [6.07, 6.45) is 3.86. The molecule has 42 heavy (non-hydrogen) atoms. The number of rotatable bonds is 6. The minimum Gasteiger partial charge on any atom is -0.311 e. The molecule has 7 rings (SSSR count). The fourth-order valence-corrected chi connectivity index (χ4v) is 5.89. The van der Waals surface area contributed by atoms with Crippen molar-refractivity contribution in [2.75, 3.05) is 16.3 Å². The van der Waals surface area contributed by atoms with Crippen molar-refractivity contribution in [2.45, 2.75) is 19.3 Å². The van der Waals surface area contributed by atoms with E-state index in [1.807, 2.05) is 24.5 Å². The van der Waals surface area contributed by atoms with Gasteiger partial charge >= 0.3 is 0 Å². The van der Waals surface area contributed by atoms with E-state index in [4.69, 9.17) is 9.97 Å². The summed E-state index contributed by atoms with van der Waals surface area (Å²) in [5, 5.41) is 0. The summed E-state index contributed by atoms with van der Waals surface area (Å²) in [5.41, 5.74) is 10.4. The molecular formula is C38H32N4. The Bertz CT molecular complexity index is 1760. The van der Waals surface area contributed by atoms with Crippen LogP contribution in [0.3, 0.4) is 0 Å². The van der Waals surface area contributed by atoms with Crippen molar-refractivity contribution in [1.29, 1.82) is 0 Å². The molecule has 0 saturated heterocycles. The van der Waals surface area contributed by atoms with E-state index in [0.29, 0.717) is 0 Å². The lowest BCUT2D eigenvalue weighted by atomic mass is 9.87. The van der Waals surface area contributed by atoms with Crippen molar-refractivity contribution in [3.05, 3.63) is 151 Å². The number of para-hydroxylation sites is 3. The van der Waals surface area contributed by atoms with Crippen molar-refractivity contribution in [3.8, 4) is 22.3 Å². The van der Waals surface area contributed by atoms with Crippen LogP contribution < -0.4 is 9.80 Å². The smallest absolute Gasteiger partial charge is 0.229 e. The fraction of sp³-hybridized carbons (Fsp3) is 0.105. The molecule has 0 amide bonds. The standard InChI is InChI=1S/C38H32N4/c1-38(2)27-41(36-16-10-9-15-35(36)38)37-39-25-31(26-40-37)30-19-17-28(18-20-30)29-21-23-34(24-22-29)42(32-11-5-3-6-12-32)33-13-7-4-8-14-33/h3-26H,27H2,1-2H3. The zero-order valence-electron chi connectivity index (χ0n) is 23.9. The number of hydrogen-bond donors (Lipinski definition) is 0. The Hall–Kier alpha value is -5.22. The van der Waals surface area contributed by atoms with Gasteiger partial charge in [-0.05, 0) is 64.7 Å².